The third-order valence-electron chi connectivity index (χ3n) is 5.19. The monoisotopic (exact) mass is 441 g/mol. The second-order valence-electron chi connectivity index (χ2n) is 7.20. The molecule has 0 radical (unpaired) electrons. The Labute approximate surface area is 180 Å². The van der Waals surface area contributed by atoms with E-state index >= 15 is 0 Å². The van der Waals surface area contributed by atoms with Gasteiger partial charge < -0.3 is 4.74 Å². The number of hydrogen-bond donors (Lipinski definition) is 2. The highest BCUT2D eigenvalue weighted by atomic mass is 32.2. The van der Waals surface area contributed by atoms with Crippen LogP contribution in [0.3, 0.4) is 0 Å². The number of rotatable bonds is 6. The summed E-state index contributed by atoms with van der Waals surface area (Å²) in [6.45, 7) is 0.575. The van der Waals surface area contributed by atoms with E-state index < -0.39 is 15.9 Å². The maximum atomic E-state index is 13.2. The molecular formula is C21H23N5O4S. The average molecular weight is 442 g/mol. The minimum absolute atomic E-state index is 0.0300. The summed E-state index contributed by atoms with van der Waals surface area (Å²) in [5, 5.41) is 9.70. The second kappa shape index (κ2) is 8.86. The molecule has 4 rings (SSSR count). The molecule has 2 N–H and O–H groups in total. The van der Waals surface area contributed by atoms with Crippen LogP contribution >= 0.6 is 0 Å². The zero-order valence-corrected chi connectivity index (χ0v) is 17.8. The molecule has 1 unspecified atom stereocenters. The average Bonchev–Trinajstić information content (AvgIpc) is 3.24. The van der Waals surface area contributed by atoms with E-state index in [1.807, 2.05) is 59.5 Å². The van der Waals surface area contributed by atoms with Crippen molar-refractivity contribution in [2.24, 2.45) is 0 Å². The van der Waals surface area contributed by atoms with Gasteiger partial charge in [0.2, 0.25) is 11.9 Å². The molecule has 0 aliphatic carbocycles. The lowest BCUT2D eigenvalue weighted by molar-refractivity contribution is -0.121. The summed E-state index contributed by atoms with van der Waals surface area (Å²) in [6.07, 6.45) is 0. The fourth-order valence-corrected chi connectivity index (χ4v) is 4.83. The number of carbonyl (C=O) groups is 1. The Morgan fingerprint density at radius 3 is 2.48 bits per heavy atom. The number of anilines is 1. The van der Waals surface area contributed by atoms with Crippen molar-refractivity contribution in [1.82, 2.24) is 20.1 Å². The van der Waals surface area contributed by atoms with Gasteiger partial charge in [0.1, 0.15) is 11.8 Å². The molecule has 1 amide bonds. The van der Waals surface area contributed by atoms with Gasteiger partial charge in [-0.15, -0.1) is 5.10 Å². The van der Waals surface area contributed by atoms with E-state index in [1.54, 1.807) is 7.11 Å². The van der Waals surface area contributed by atoms with Crippen molar-refractivity contribution in [2.75, 3.05) is 37.0 Å². The number of methoxy groups -OCH3 is 1. The van der Waals surface area contributed by atoms with Crippen LogP contribution in [-0.4, -0.2) is 66.1 Å². The van der Waals surface area contributed by atoms with Crippen LogP contribution in [0.1, 0.15) is 11.6 Å². The number of para-hydroxylation sites is 1. The van der Waals surface area contributed by atoms with Crippen molar-refractivity contribution >= 4 is 21.7 Å². The van der Waals surface area contributed by atoms with Crippen molar-refractivity contribution in [3.05, 3.63) is 60.2 Å². The Morgan fingerprint density at radius 1 is 1.10 bits per heavy atom. The Morgan fingerprint density at radius 2 is 1.77 bits per heavy atom. The number of amides is 1. The molecule has 162 valence electrons. The highest BCUT2D eigenvalue weighted by molar-refractivity contribution is 7.91. The van der Waals surface area contributed by atoms with E-state index in [1.165, 1.54) is 0 Å². The largest absolute Gasteiger partial charge is 0.496 e. The number of sulfone groups is 1. The van der Waals surface area contributed by atoms with Crippen molar-refractivity contribution in [2.45, 2.75) is 6.04 Å². The molecule has 10 heteroatoms. The number of H-pyrrole nitrogens is 1. The summed E-state index contributed by atoms with van der Waals surface area (Å²) in [6, 6.07) is 16.0. The maximum Gasteiger partial charge on any atom is 0.249 e. The zero-order chi connectivity index (χ0) is 21.8. The van der Waals surface area contributed by atoms with Crippen LogP contribution in [0.15, 0.2) is 54.6 Å². The molecule has 1 aromatic heterocycles. The summed E-state index contributed by atoms with van der Waals surface area (Å²) in [4.78, 5) is 19.5. The molecule has 1 fully saturated rings. The standard InChI is InChI=1S/C21H23N5O4S/c1-30-17-10-6-5-9-16(17)19-22-21(25-24-19)23-20(27)18(15-7-3-2-4-8-15)26-11-13-31(28,29)14-12-26/h2-10,18H,11-14H2,1H3,(H2,22,23,24,25,27). The molecule has 0 saturated carbocycles. The van der Waals surface area contributed by atoms with Crippen molar-refractivity contribution in [3.8, 4) is 17.1 Å². The van der Waals surface area contributed by atoms with Gasteiger partial charge in [-0.1, -0.05) is 42.5 Å². The fraction of sp³-hybridized carbons (Fsp3) is 0.286. The van der Waals surface area contributed by atoms with Gasteiger partial charge >= 0.3 is 0 Å². The van der Waals surface area contributed by atoms with Gasteiger partial charge in [-0.3, -0.25) is 20.1 Å². The summed E-state index contributed by atoms with van der Waals surface area (Å²) in [5.41, 5.74) is 1.50. The number of aromatic nitrogens is 3. The molecule has 9 nitrogen and oxygen atoms in total. The van der Waals surface area contributed by atoms with Crippen molar-refractivity contribution in [1.29, 1.82) is 0 Å². The molecule has 2 aromatic carbocycles. The third kappa shape index (κ3) is 4.75. The summed E-state index contributed by atoms with van der Waals surface area (Å²) in [7, 11) is -1.49. The Kier molecular flexibility index (Phi) is 6.01. The molecule has 1 aliphatic rings. The predicted molar refractivity (Wildman–Crippen MR) is 116 cm³/mol. The number of nitrogens with one attached hydrogen (secondary N) is 2. The lowest BCUT2D eigenvalue weighted by Gasteiger charge is -2.33. The first-order chi connectivity index (χ1) is 15.0. The number of hydrogen-bond acceptors (Lipinski definition) is 7. The minimum Gasteiger partial charge on any atom is -0.496 e. The summed E-state index contributed by atoms with van der Waals surface area (Å²) < 4.78 is 29.0. The molecule has 3 aromatic rings. The van der Waals surface area contributed by atoms with Gasteiger partial charge in [0.05, 0.1) is 24.2 Å². The van der Waals surface area contributed by atoms with Crippen molar-refractivity contribution < 1.29 is 17.9 Å². The Balaban J connectivity index is 1.56. The normalized spacial score (nSPS) is 17.1. The number of carbonyl (C=O) groups excluding carboxylic acids is 1. The van der Waals surface area contributed by atoms with E-state index in [0.717, 1.165) is 11.1 Å². The Bertz CT molecular complexity index is 1150. The van der Waals surface area contributed by atoms with Crippen LogP contribution in [0.25, 0.3) is 11.4 Å². The summed E-state index contributed by atoms with van der Waals surface area (Å²) >= 11 is 0. The van der Waals surface area contributed by atoms with Crippen LogP contribution in [-0.2, 0) is 14.6 Å². The van der Waals surface area contributed by atoms with E-state index in [0.29, 0.717) is 11.6 Å². The van der Waals surface area contributed by atoms with Gasteiger partial charge in [0.15, 0.2) is 15.7 Å². The third-order valence-corrected chi connectivity index (χ3v) is 6.80. The fourth-order valence-electron chi connectivity index (χ4n) is 3.61. The van der Waals surface area contributed by atoms with Gasteiger partial charge in [0, 0.05) is 13.1 Å². The quantitative estimate of drug-likeness (QED) is 0.600. The Hall–Kier alpha value is -3.24. The van der Waals surface area contributed by atoms with Crippen LogP contribution in [0.5, 0.6) is 5.75 Å². The van der Waals surface area contributed by atoms with Gasteiger partial charge in [-0.25, -0.2) is 8.42 Å². The smallest absolute Gasteiger partial charge is 0.249 e. The minimum atomic E-state index is -3.06. The highest BCUT2D eigenvalue weighted by Gasteiger charge is 2.33. The molecule has 2 heterocycles. The van der Waals surface area contributed by atoms with Crippen LogP contribution in [0.2, 0.25) is 0 Å². The number of ether oxygens (including phenoxy) is 1. The van der Waals surface area contributed by atoms with Gasteiger partial charge in [0.25, 0.3) is 0 Å². The van der Waals surface area contributed by atoms with Crippen LogP contribution < -0.4 is 10.1 Å². The lowest BCUT2D eigenvalue weighted by Crippen LogP contribution is -2.46. The zero-order valence-electron chi connectivity index (χ0n) is 17.0. The number of aromatic amines is 1. The first-order valence-corrected chi connectivity index (χ1v) is 11.6. The first kappa shape index (κ1) is 21.0. The lowest BCUT2D eigenvalue weighted by atomic mass is 10.0. The summed E-state index contributed by atoms with van der Waals surface area (Å²) in [5.74, 6) is 0.971. The van der Waals surface area contributed by atoms with E-state index in [2.05, 4.69) is 20.5 Å². The van der Waals surface area contributed by atoms with E-state index in [9.17, 15) is 13.2 Å². The van der Waals surface area contributed by atoms with Gasteiger partial charge in [-0.2, -0.15) is 4.98 Å². The van der Waals surface area contributed by atoms with E-state index in [4.69, 9.17) is 4.74 Å². The van der Waals surface area contributed by atoms with Gasteiger partial charge in [-0.05, 0) is 17.7 Å². The van der Waals surface area contributed by atoms with Crippen LogP contribution in [0, 0.1) is 0 Å². The highest BCUT2D eigenvalue weighted by Crippen LogP contribution is 2.28. The first-order valence-electron chi connectivity index (χ1n) is 9.83. The molecule has 31 heavy (non-hydrogen) atoms. The molecule has 1 aliphatic heterocycles. The second-order valence-corrected chi connectivity index (χ2v) is 9.50. The van der Waals surface area contributed by atoms with Crippen LogP contribution in [0.4, 0.5) is 5.95 Å². The van der Waals surface area contributed by atoms with Crippen molar-refractivity contribution in [3.63, 3.8) is 0 Å². The number of nitrogens with zero attached hydrogens (tertiary/aromatic N) is 3. The topological polar surface area (TPSA) is 117 Å². The molecule has 0 spiro atoms. The molecule has 1 saturated heterocycles. The predicted octanol–water partition coefficient (Wildman–Crippen LogP) is 1.89. The van der Waals surface area contributed by atoms with E-state index in [-0.39, 0.29) is 36.5 Å². The SMILES string of the molecule is COc1ccccc1-c1nc(NC(=O)C(c2ccccc2)N2CCS(=O)(=O)CC2)n[nH]1. The number of benzene rings is 2. The molecular weight excluding hydrogens is 418 g/mol. The maximum absolute atomic E-state index is 13.2. The molecule has 0 bridgehead atoms. The molecule has 1 atom stereocenters.